The number of aromatic nitrogens is 2. The zero-order valence-electron chi connectivity index (χ0n) is 8.26. The van der Waals surface area contributed by atoms with Crippen molar-refractivity contribution in [2.45, 2.75) is 13.0 Å². The summed E-state index contributed by atoms with van der Waals surface area (Å²) in [5.41, 5.74) is 1.58. The lowest BCUT2D eigenvalue weighted by Crippen LogP contribution is -1.91. The van der Waals surface area contributed by atoms with Crippen LogP contribution < -0.4 is 0 Å². The molecular formula is C11H11ClN2O. The zero-order chi connectivity index (χ0) is 10.8. The van der Waals surface area contributed by atoms with Crippen LogP contribution in [0.5, 0.6) is 0 Å². The number of benzene rings is 1. The molecular weight excluding hydrogens is 212 g/mol. The first-order valence-corrected chi connectivity index (χ1v) is 5.02. The van der Waals surface area contributed by atoms with Gasteiger partial charge in [0.25, 0.3) is 0 Å². The molecule has 4 heteroatoms. The Morgan fingerprint density at radius 1 is 1.47 bits per heavy atom. The van der Waals surface area contributed by atoms with Crippen molar-refractivity contribution >= 4 is 11.6 Å². The Labute approximate surface area is 93.0 Å². The van der Waals surface area contributed by atoms with Gasteiger partial charge in [-0.15, -0.1) is 0 Å². The third-order valence-electron chi connectivity index (χ3n) is 2.14. The van der Waals surface area contributed by atoms with Crippen molar-refractivity contribution in [1.29, 1.82) is 0 Å². The lowest BCUT2D eigenvalue weighted by atomic mass is 10.3. The molecule has 2 rings (SSSR count). The van der Waals surface area contributed by atoms with Crippen molar-refractivity contribution in [2.24, 2.45) is 0 Å². The molecule has 0 aliphatic rings. The molecule has 0 amide bonds. The van der Waals surface area contributed by atoms with Gasteiger partial charge in [0.05, 0.1) is 18.1 Å². The van der Waals surface area contributed by atoms with Crippen molar-refractivity contribution in [1.82, 2.24) is 9.55 Å². The molecule has 78 valence electrons. The lowest BCUT2D eigenvalue weighted by molar-refractivity contribution is 0.195. The van der Waals surface area contributed by atoms with Crippen LogP contribution >= 0.6 is 11.6 Å². The van der Waals surface area contributed by atoms with Gasteiger partial charge in [0.1, 0.15) is 0 Å². The molecule has 15 heavy (non-hydrogen) atoms. The quantitative estimate of drug-likeness (QED) is 0.848. The van der Waals surface area contributed by atoms with Gasteiger partial charge in [0.2, 0.25) is 0 Å². The van der Waals surface area contributed by atoms with Gasteiger partial charge < -0.3 is 9.67 Å². The molecule has 0 saturated heterocycles. The number of hydrogen-bond acceptors (Lipinski definition) is 2. The Hall–Kier alpha value is -1.32. The van der Waals surface area contributed by atoms with Gasteiger partial charge in [-0.05, 0) is 25.1 Å². The highest BCUT2D eigenvalue weighted by atomic mass is 35.5. The van der Waals surface area contributed by atoms with Gasteiger partial charge in [0.15, 0.2) is 0 Å². The number of halogens is 1. The molecule has 0 saturated carbocycles. The Kier molecular flexibility index (Phi) is 2.75. The van der Waals surface area contributed by atoms with Crippen LogP contribution in [0.3, 0.4) is 0 Å². The summed E-state index contributed by atoms with van der Waals surface area (Å²) in [4.78, 5) is 4.09. The minimum absolute atomic E-state index is 0.551. The molecule has 2 aromatic rings. The highest BCUT2D eigenvalue weighted by Gasteiger charge is 2.05. The standard InChI is InChI=1S/C11H11ClN2O/c1-8(15)11-6-14(7-13-11)10-4-2-3-9(12)5-10/h2-8,15H,1H3/t8-/m1/s1. The van der Waals surface area contributed by atoms with Gasteiger partial charge in [-0.2, -0.15) is 0 Å². The average Bonchev–Trinajstić information content (AvgIpc) is 2.66. The van der Waals surface area contributed by atoms with Crippen molar-refractivity contribution in [3.8, 4) is 5.69 Å². The first-order valence-electron chi connectivity index (χ1n) is 4.65. The third kappa shape index (κ3) is 2.19. The largest absolute Gasteiger partial charge is 0.387 e. The van der Waals surface area contributed by atoms with Crippen molar-refractivity contribution in [2.75, 3.05) is 0 Å². The summed E-state index contributed by atoms with van der Waals surface area (Å²) in [5, 5.41) is 10.0. The first-order chi connectivity index (χ1) is 7.16. The van der Waals surface area contributed by atoms with Crippen LogP contribution in [0.15, 0.2) is 36.8 Å². The monoisotopic (exact) mass is 222 g/mol. The van der Waals surface area contributed by atoms with E-state index in [1.807, 2.05) is 28.8 Å². The third-order valence-corrected chi connectivity index (χ3v) is 2.37. The second-order valence-electron chi connectivity index (χ2n) is 3.36. The van der Waals surface area contributed by atoms with E-state index in [0.717, 1.165) is 5.69 Å². The fourth-order valence-electron chi connectivity index (χ4n) is 1.33. The second-order valence-corrected chi connectivity index (χ2v) is 3.80. The predicted molar refractivity (Wildman–Crippen MR) is 59.2 cm³/mol. The van der Waals surface area contributed by atoms with Crippen LogP contribution in [0.1, 0.15) is 18.7 Å². The predicted octanol–water partition coefficient (Wildman–Crippen LogP) is 2.58. The van der Waals surface area contributed by atoms with Crippen LogP contribution in [0.25, 0.3) is 5.69 Å². The molecule has 3 nitrogen and oxygen atoms in total. The van der Waals surface area contributed by atoms with Crippen LogP contribution in [-0.2, 0) is 0 Å². The molecule has 0 spiro atoms. The molecule has 0 aliphatic carbocycles. The van der Waals surface area contributed by atoms with Gasteiger partial charge in [-0.3, -0.25) is 0 Å². The average molecular weight is 223 g/mol. The highest BCUT2D eigenvalue weighted by Crippen LogP contribution is 2.16. The van der Waals surface area contributed by atoms with Crippen LogP contribution in [0.2, 0.25) is 5.02 Å². The van der Waals surface area contributed by atoms with E-state index >= 15 is 0 Å². The second kappa shape index (κ2) is 4.04. The maximum Gasteiger partial charge on any atom is 0.0996 e. The van der Waals surface area contributed by atoms with Crippen LogP contribution in [0.4, 0.5) is 0 Å². The van der Waals surface area contributed by atoms with Gasteiger partial charge in [0, 0.05) is 16.9 Å². The van der Waals surface area contributed by atoms with E-state index in [1.54, 1.807) is 19.4 Å². The van der Waals surface area contributed by atoms with E-state index in [-0.39, 0.29) is 0 Å². The number of hydrogen-bond donors (Lipinski definition) is 1. The Morgan fingerprint density at radius 3 is 2.87 bits per heavy atom. The summed E-state index contributed by atoms with van der Waals surface area (Å²) >= 11 is 5.88. The Balaban J connectivity index is 2.37. The maximum absolute atomic E-state index is 9.34. The fourth-order valence-corrected chi connectivity index (χ4v) is 1.52. The summed E-state index contributed by atoms with van der Waals surface area (Å²) in [6.45, 7) is 1.69. The van der Waals surface area contributed by atoms with Gasteiger partial charge in [-0.25, -0.2) is 4.98 Å². The van der Waals surface area contributed by atoms with Crippen molar-refractivity contribution < 1.29 is 5.11 Å². The van der Waals surface area contributed by atoms with E-state index < -0.39 is 6.10 Å². The van der Waals surface area contributed by atoms with Crippen LogP contribution in [-0.4, -0.2) is 14.7 Å². The van der Waals surface area contributed by atoms with E-state index in [1.165, 1.54) is 0 Å². The SMILES string of the molecule is C[C@@H](O)c1cn(-c2cccc(Cl)c2)cn1. The molecule has 1 aromatic heterocycles. The molecule has 0 aliphatic heterocycles. The summed E-state index contributed by atoms with van der Waals surface area (Å²) < 4.78 is 1.83. The van der Waals surface area contributed by atoms with Crippen molar-refractivity contribution in [3.63, 3.8) is 0 Å². The lowest BCUT2D eigenvalue weighted by Gasteiger charge is -2.01. The van der Waals surface area contributed by atoms with Gasteiger partial charge >= 0.3 is 0 Å². The zero-order valence-corrected chi connectivity index (χ0v) is 9.02. The number of nitrogens with zero attached hydrogens (tertiary/aromatic N) is 2. The minimum atomic E-state index is -0.551. The molecule has 1 atom stereocenters. The Morgan fingerprint density at radius 2 is 2.27 bits per heavy atom. The van der Waals surface area contributed by atoms with E-state index in [2.05, 4.69) is 4.98 Å². The Bertz CT molecular complexity index is 465. The minimum Gasteiger partial charge on any atom is -0.387 e. The highest BCUT2D eigenvalue weighted by molar-refractivity contribution is 6.30. The van der Waals surface area contributed by atoms with Crippen molar-refractivity contribution in [3.05, 3.63) is 47.5 Å². The number of rotatable bonds is 2. The number of imidazole rings is 1. The van der Waals surface area contributed by atoms with Crippen LogP contribution in [0, 0.1) is 0 Å². The number of aliphatic hydroxyl groups excluding tert-OH is 1. The molecule has 1 N–H and O–H groups in total. The smallest absolute Gasteiger partial charge is 0.0996 e. The normalized spacial score (nSPS) is 12.7. The first kappa shape index (κ1) is 10.2. The van der Waals surface area contributed by atoms with E-state index in [4.69, 9.17) is 11.6 Å². The summed E-state index contributed by atoms with van der Waals surface area (Å²) in [5.74, 6) is 0. The fraction of sp³-hybridized carbons (Fsp3) is 0.182. The number of aliphatic hydroxyl groups is 1. The van der Waals surface area contributed by atoms with E-state index in [9.17, 15) is 5.11 Å². The van der Waals surface area contributed by atoms with E-state index in [0.29, 0.717) is 10.7 Å². The summed E-state index contributed by atoms with van der Waals surface area (Å²) in [6, 6.07) is 7.46. The summed E-state index contributed by atoms with van der Waals surface area (Å²) in [6.07, 6.45) is 2.90. The topological polar surface area (TPSA) is 38.0 Å². The molecule has 1 aromatic carbocycles. The maximum atomic E-state index is 9.34. The molecule has 1 heterocycles. The summed E-state index contributed by atoms with van der Waals surface area (Å²) in [7, 11) is 0. The molecule has 0 fully saturated rings. The molecule has 0 bridgehead atoms. The molecule has 0 unspecified atom stereocenters. The molecule has 0 radical (unpaired) electrons. The van der Waals surface area contributed by atoms with Gasteiger partial charge in [-0.1, -0.05) is 17.7 Å².